The number of thiol groups is 1. The minimum Gasteiger partial charge on any atom is -0.372 e. The third-order valence-electron chi connectivity index (χ3n) is 0. The van der Waals surface area contributed by atoms with Crippen molar-refractivity contribution in [2.24, 2.45) is 0 Å². The maximum atomic E-state index is 3.28. The summed E-state index contributed by atoms with van der Waals surface area (Å²) in [4.78, 5) is 0. The summed E-state index contributed by atoms with van der Waals surface area (Å²) < 4.78 is 0. The second-order valence-electron chi connectivity index (χ2n) is 0. The Morgan fingerprint density at radius 1 is 1.25 bits per heavy atom. The Bertz CT molecular complexity index is 6.00. The van der Waals surface area contributed by atoms with E-state index < -0.39 is 0 Å². The van der Waals surface area contributed by atoms with Crippen LogP contribution in [0.2, 0.25) is 0 Å². The summed E-state index contributed by atoms with van der Waals surface area (Å²) in [6.45, 7) is 0. The number of rotatable bonds is 0. The van der Waals surface area contributed by atoms with E-state index >= 15 is 0 Å². The number of hydrogen-bond donors (Lipinski definition) is 1. The SMILES string of the molecule is [CH2-]S.[CH3-].[Y]. The molecule has 0 fully saturated rings. The molecule has 0 N–H and O–H groups in total. The fraction of sp³-hybridized carbons (Fsp3) is 0. The van der Waals surface area contributed by atoms with E-state index in [1.165, 1.54) is 0 Å². The summed E-state index contributed by atoms with van der Waals surface area (Å²) in [5.41, 5.74) is 0. The molecule has 0 spiro atoms. The average Bonchev–Trinajstić information content (AvgIpc) is 1.00. The Labute approximate surface area is 58.6 Å². The third kappa shape index (κ3) is 9.84. The van der Waals surface area contributed by atoms with Crippen molar-refractivity contribution in [2.45, 2.75) is 0 Å². The van der Waals surface area contributed by atoms with Gasteiger partial charge in [0.1, 0.15) is 0 Å². The second kappa shape index (κ2) is 25.1. The topological polar surface area (TPSA) is 0 Å². The zero-order chi connectivity index (χ0) is 2.00. The first kappa shape index (κ1) is 18.0. The molecule has 25 valence electrons. The monoisotopic (exact) mass is 151 g/mol. The van der Waals surface area contributed by atoms with E-state index in [1.807, 2.05) is 0 Å². The number of hydrogen-bond acceptors (Lipinski definition) is 1. The van der Waals surface area contributed by atoms with Crippen LogP contribution >= 0.6 is 12.6 Å². The maximum Gasteiger partial charge on any atom is 0 e. The molecule has 0 atom stereocenters. The Morgan fingerprint density at radius 3 is 1.25 bits per heavy atom. The Kier molecular flexibility index (Phi) is 113. The molecular formula is C2H6SY-2. The van der Waals surface area contributed by atoms with Crippen LogP contribution in [0.3, 0.4) is 0 Å². The third-order valence-corrected chi connectivity index (χ3v) is 0. The van der Waals surface area contributed by atoms with E-state index in [4.69, 9.17) is 0 Å². The van der Waals surface area contributed by atoms with Gasteiger partial charge in [-0.05, 0) is 0 Å². The second-order valence-corrected chi connectivity index (χ2v) is 0. The van der Waals surface area contributed by atoms with E-state index in [2.05, 4.69) is 18.9 Å². The van der Waals surface area contributed by atoms with Crippen LogP contribution in [0.4, 0.5) is 0 Å². The van der Waals surface area contributed by atoms with Crippen molar-refractivity contribution in [1.82, 2.24) is 0 Å². The smallest absolute Gasteiger partial charge is 0 e. The molecule has 0 bridgehead atoms. The largest absolute Gasteiger partial charge is 0.372 e. The summed E-state index contributed by atoms with van der Waals surface area (Å²) in [6.07, 6.45) is 2.94. The molecule has 0 heterocycles. The van der Waals surface area contributed by atoms with Gasteiger partial charge in [-0.1, -0.05) is 0 Å². The fourth-order valence-electron chi connectivity index (χ4n) is 0. The molecule has 0 aliphatic carbocycles. The van der Waals surface area contributed by atoms with Crippen LogP contribution in [0.15, 0.2) is 0 Å². The first-order valence-electron chi connectivity index (χ1n) is 0.316. The standard InChI is InChI=1S/CH3S.CH3.Y/c1-2;;/h2H,1H2;1H3;/q2*-1;. The van der Waals surface area contributed by atoms with Gasteiger partial charge in [0.25, 0.3) is 0 Å². The normalized spacial score (nSPS) is 1.50. The zero-order valence-corrected chi connectivity index (χ0v) is 6.46. The maximum absolute atomic E-state index is 3.28. The summed E-state index contributed by atoms with van der Waals surface area (Å²) >= 11 is 3.28. The van der Waals surface area contributed by atoms with E-state index in [-0.39, 0.29) is 40.1 Å². The quantitative estimate of drug-likeness (QED) is 0.389. The van der Waals surface area contributed by atoms with Crippen molar-refractivity contribution in [2.75, 3.05) is 0 Å². The molecule has 1 radical (unpaired) electrons. The van der Waals surface area contributed by atoms with E-state index in [0.29, 0.717) is 0 Å². The molecule has 0 aromatic rings. The van der Waals surface area contributed by atoms with Gasteiger partial charge in [0.15, 0.2) is 0 Å². The first-order valence-corrected chi connectivity index (χ1v) is 0.949. The molecule has 0 aliphatic heterocycles. The minimum atomic E-state index is 0. The Morgan fingerprint density at radius 2 is 1.25 bits per heavy atom. The molecule has 0 rings (SSSR count). The summed E-state index contributed by atoms with van der Waals surface area (Å²) in [5, 5.41) is 0. The van der Waals surface area contributed by atoms with E-state index in [0.717, 1.165) is 0 Å². The van der Waals surface area contributed by atoms with Crippen LogP contribution in [-0.4, -0.2) is 0 Å². The van der Waals surface area contributed by atoms with Crippen LogP contribution in [-0.2, 0) is 32.7 Å². The predicted molar refractivity (Wildman–Crippen MR) is 20.8 cm³/mol. The molecule has 4 heavy (non-hydrogen) atoms. The van der Waals surface area contributed by atoms with Crippen molar-refractivity contribution in [3.8, 4) is 0 Å². The molecule has 0 amide bonds. The van der Waals surface area contributed by atoms with Crippen molar-refractivity contribution in [1.29, 1.82) is 0 Å². The molecule has 0 aliphatic rings. The van der Waals surface area contributed by atoms with Crippen LogP contribution < -0.4 is 0 Å². The Balaban J connectivity index is -0.00000000500. The molecule has 0 saturated carbocycles. The van der Waals surface area contributed by atoms with Gasteiger partial charge in [-0.25, -0.2) is 0 Å². The summed E-state index contributed by atoms with van der Waals surface area (Å²) in [6, 6.07) is 0. The molecular weight excluding hydrogens is 145 g/mol. The van der Waals surface area contributed by atoms with Crippen molar-refractivity contribution < 1.29 is 32.7 Å². The van der Waals surface area contributed by atoms with Gasteiger partial charge in [-0.3, -0.25) is 6.26 Å². The van der Waals surface area contributed by atoms with Crippen LogP contribution in [0.1, 0.15) is 0 Å². The minimum absolute atomic E-state index is 0. The molecule has 0 saturated heterocycles. The van der Waals surface area contributed by atoms with Crippen LogP contribution in [0.5, 0.6) is 0 Å². The van der Waals surface area contributed by atoms with E-state index in [9.17, 15) is 0 Å². The van der Waals surface area contributed by atoms with Gasteiger partial charge in [0.2, 0.25) is 0 Å². The Hall–Kier alpha value is 1.45. The molecule has 0 unspecified atom stereocenters. The summed E-state index contributed by atoms with van der Waals surface area (Å²) in [7, 11) is 0. The molecule has 0 nitrogen and oxygen atoms in total. The van der Waals surface area contributed by atoms with Crippen molar-refractivity contribution in [3.05, 3.63) is 13.7 Å². The average molecular weight is 151 g/mol. The fourth-order valence-corrected chi connectivity index (χ4v) is 0. The molecule has 0 aromatic carbocycles. The summed E-state index contributed by atoms with van der Waals surface area (Å²) in [5.74, 6) is 0. The zero-order valence-electron chi connectivity index (χ0n) is 2.73. The van der Waals surface area contributed by atoms with Crippen molar-refractivity contribution >= 4 is 12.6 Å². The van der Waals surface area contributed by atoms with Crippen LogP contribution in [0, 0.1) is 13.7 Å². The predicted octanol–water partition coefficient (Wildman–Crippen LogP) is 1.16. The van der Waals surface area contributed by atoms with Gasteiger partial charge in [-0.15, -0.1) is 0 Å². The van der Waals surface area contributed by atoms with Crippen molar-refractivity contribution in [3.63, 3.8) is 0 Å². The molecule has 0 aromatic heterocycles. The van der Waals surface area contributed by atoms with Gasteiger partial charge < -0.3 is 20.1 Å². The van der Waals surface area contributed by atoms with Gasteiger partial charge in [0.05, 0.1) is 0 Å². The van der Waals surface area contributed by atoms with Gasteiger partial charge >= 0.3 is 0 Å². The van der Waals surface area contributed by atoms with Crippen LogP contribution in [0.25, 0.3) is 0 Å². The van der Waals surface area contributed by atoms with Gasteiger partial charge in [-0.2, -0.15) is 0 Å². The first-order chi connectivity index (χ1) is 1.00. The van der Waals surface area contributed by atoms with E-state index in [1.54, 1.807) is 0 Å². The van der Waals surface area contributed by atoms with Gasteiger partial charge in [0, 0.05) is 32.7 Å². The molecule has 2 heteroatoms.